The predicted molar refractivity (Wildman–Crippen MR) is 84.9 cm³/mol. The Labute approximate surface area is 132 Å². The smallest absolute Gasteiger partial charge is 0.227 e. The highest BCUT2D eigenvalue weighted by Crippen LogP contribution is 2.34. The summed E-state index contributed by atoms with van der Waals surface area (Å²) in [6.07, 6.45) is 3.14. The molecular formula is C16H23ClN2O2. The molecular weight excluding hydrogens is 288 g/mol. The Bertz CT molecular complexity index is 472. The first-order chi connectivity index (χ1) is 9.79. The van der Waals surface area contributed by atoms with Crippen LogP contribution in [0.4, 0.5) is 0 Å². The lowest BCUT2D eigenvalue weighted by Crippen LogP contribution is -2.36. The molecule has 2 heterocycles. The third-order valence-electron chi connectivity index (χ3n) is 4.45. The lowest BCUT2D eigenvalue weighted by atomic mass is 10.0. The van der Waals surface area contributed by atoms with Crippen molar-refractivity contribution in [2.45, 2.75) is 25.3 Å². The van der Waals surface area contributed by atoms with Gasteiger partial charge in [0.2, 0.25) is 5.91 Å². The number of ether oxygens (including phenoxy) is 1. The summed E-state index contributed by atoms with van der Waals surface area (Å²) < 4.78 is 5.20. The fourth-order valence-corrected chi connectivity index (χ4v) is 3.30. The number of likely N-dealkylation sites (tertiary alicyclic amines) is 1. The van der Waals surface area contributed by atoms with E-state index < -0.39 is 0 Å². The van der Waals surface area contributed by atoms with E-state index in [0.29, 0.717) is 5.91 Å². The minimum atomic E-state index is 0. The number of nitrogens with zero attached hydrogens (tertiary/aromatic N) is 1. The van der Waals surface area contributed by atoms with Crippen LogP contribution >= 0.6 is 12.4 Å². The molecule has 5 heteroatoms. The van der Waals surface area contributed by atoms with Crippen LogP contribution < -0.4 is 10.1 Å². The molecule has 2 aliphatic heterocycles. The van der Waals surface area contributed by atoms with Crippen LogP contribution in [0.5, 0.6) is 5.75 Å². The van der Waals surface area contributed by atoms with Gasteiger partial charge in [-0.1, -0.05) is 12.1 Å². The number of nitrogens with one attached hydrogen (secondary N) is 1. The fraction of sp³-hybridized carbons (Fsp3) is 0.562. The summed E-state index contributed by atoms with van der Waals surface area (Å²) in [5, 5.41) is 3.28. The van der Waals surface area contributed by atoms with Gasteiger partial charge in [0.05, 0.1) is 19.1 Å². The van der Waals surface area contributed by atoms with Gasteiger partial charge in [0.25, 0.3) is 0 Å². The lowest BCUT2D eigenvalue weighted by Gasteiger charge is -2.27. The second-order valence-electron chi connectivity index (χ2n) is 5.65. The van der Waals surface area contributed by atoms with Gasteiger partial charge in [-0.05, 0) is 43.5 Å². The summed E-state index contributed by atoms with van der Waals surface area (Å²) in [6.45, 7) is 2.70. The molecule has 2 aliphatic rings. The zero-order valence-electron chi connectivity index (χ0n) is 12.4. The second-order valence-corrected chi connectivity index (χ2v) is 5.65. The minimum Gasteiger partial charge on any atom is -0.497 e. The Morgan fingerprint density at radius 1 is 1.29 bits per heavy atom. The number of methoxy groups -OCH3 is 1. The van der Waals surface area contributed by atoms with Crippen LogP contribution in [-0.4, -0.2) is 37.6 Å². The van der Waals surface area contributed by atoms with Crippen molar-refractivity contribution < 1.29 is 9.53 Å². The lowest BCUT2D eigenvalue weighted by molar-refractivity contribution is -0.135. The third kappa shape index (κ3) is 3.33. The SMILES string of the molecule is COc1ccc(C2CCCN2C(=O)C2CCNC2)cc1.Cl. The van der Waals surface area contributed by atoms with Crippen LogP contribution in [0.25, 0.3) is 0 Å². The maximum Gasteiger partial charge on any atom is 0.227 e. The van der Waals surface area contributed by atoms with E-state index in [1.54, 1.807) is 7.11 Å². The molecule has 0 radical (unpaired) electrons. The number of carbonyl (C=O) groups is 1. The third-order valence-corrected chi connectivity index (χ3v) is 4.45. The average molecular weight is 311 g/mol. The van der Waals surface area contributed by atoms with E-state index in [0.717, 1.165) is 44.6 Å². The van der Waals surface area contributed by atoms with E-state index in [2.05, 4.69) is 22.3 Å². The van der Waals surface area contributed by atoms with Crippen LogP contribution in [0.1, 0.15) is 30.9 Å². The van der Waals surface area contributed by atoms with Gasteiger partial charge in [0.1, 0.15) is 5.75 Å². The zero-order valence-corrected chi connectivity index (χ0v) is 13.2. The molecule has 1 amide bonds. The monoisotopic (exact) mass is 310 g/mol. The van der Waals surface area contributed by atoms with Crippen molar-refractivity contribution in [1.82, 2.24) is 10.2 Å². The maximum atomic E-state index is 12.6. The van der Waals surface area contributed by atoms with Gasteiger partial charge < -0.3 is 15.0 Å². The van der Waals surface area contributed by atoms with Crippen molar-refractivity contribution in [3.8, 4) is 5.75 Å². The predicted octanol–water partition coefficient (Wildman–Crippen LogP) is 2.39. The highest BCUT2D eigenvalue weighted by atomic mass is 35.5. The van der Waals surface area contributed by atoms with Gasteiger partial charge in [0.15, 0.2) is 0 Å². The first kappa shape index (κ1) is 16.1. The number of hydrogen-bond donors (Lipinski definition) is 1. The minimum absolute atomic E-state index is 0. The van der Waals surface area contributed by atoms with E-state index in [1.165, 1.54) is 5.56 Å². The van der Waals surface area contributed by atoms with E-state index in [-0.39, 0.29) is 24.4 Å². The summed E-state index contributed by atoms with van der Waals surface area (Å²) in [5.41, 5.74) is 1.22. The van der Waals surface area contributed by atoms with E-state index in [9.17, 15) is 4.79 Å². The first-order valence-corrected chi connectivity index (χ1v) is 7.45. The molecule has 0 bridgehead atoms. The molecule has 2 atom stereocenters. The summed E-state index contributed by atoms with van der Waals surface area (Å²) in [4.78, 5) is 14.7. The Morgan fingerprint density at radius 3 is 2.67 bits per heavy atom. The van der Waals surface area contributed by atoms with Crippen molar-refractivity contribution in [3.63, 3.8) is 0 Å². The molecule has 0 aliphatic carbocycles. The van der Waals surface area contributed by atoms with Crippen molar-refractivity contribution in [1.29, 1.82) is 0 Å². The number of carbonyl (C=O) groups excluding carboxylic acids is 1. The molecule has 0 aromatic heterocycles. The molecule has 4 nitrogen and oxygen atoms in total. The molecule has 1 aromatic carbocycles. The van der Waals surface area contributed by atoms with Gasteiger partial charge in [-0.15, -0.1) is 12.4 Å². The highest BCUT2D eigenvalue weighted by molar-refractivity contribution is 5.85. The first-order valence-electron chi connectivity index (χ1n) is 7.45. The van der Waals surface area contributed by atoms with Crippen molar-refractivity contribution >= 4 is 18.3 Å². The zero-order chi connectivity index (χ0) is 13.9. The van der Waals surface area contributed by atoms with Gasteiger partial charge in [-0.2, -0.15) is 0 Å². The van der Waals surface area contributed by atoms with Gasteiger partial charge in [-0.25, -0.2) is 0 Å². The summed E-state index contributed by atoms with van der Waals surface area (Å²) in [5.74, 6) is 1.37. The molecule has 21 heavy (non-hydrogen) atoms. The standard InChI is InChI=1S/C16H22N2O2.ClH/c1-20-14-6-4-12(5-7-14)15-3-2-10-18(15)16(19)13-8-9-17-11-13;/h4-7,13,15,17H,2-3,8-11H2,1H3;1H. The van der Waals surface area contributed by atoms with Crippen LogP contribution in [0.3, 0.4) is 0 Å². The fourth-order valence-electron chi connectivity index (χ4n) is 3.30. The molecule has 0 spiro atoms. The molecule has 1 N–H and O–H groups in total. The number of amides is 1. The van der Waals surface area contributed by atoms with E-state index in [1.807, 2.05) is 12.1 Å². The molecule has 2 fully saturated rings. The molecule has 0 saturated carbocycles. The molecule has 3 rings (SSSR count). The largest absolute Gasteiger partial charge is 0.497 e. The quantitative estimate of drug-likeness (QED) is 0.932. The Hall–Kier alpha value is -1.26. The van der Waals surface area contributed by atoms with Crippen molar-refractivity contribution in [2.75, 3.05) is 26.7 Å². The summed E-state index contributed by atoms with van der Waals surface area (Å²) in [6, 6.07) is 8.37. The second kappa shape index (κ2) is 7.14. The summed E-state index contributed by atoms with van der Waals surface area (Å²) in [7, 11) is 1.67. The molecule has 2 saturated heterocycles. The Morgan fingerprint density at radius 2 is 2.05 bits per heavy atom. The number of benzene rings is 1. The van der Waals surface area contributed by atoms with E-state index in [4.69, 9.17) is 4.74 Å². The van der Waals surface area contributed by atoms with Crippen LogP contribution in [0.2, 0.25) is 0 Å². The van der Waals surface area contributed by atoms with Crippen LogP contribution in [-0.2, 0) is 4.79 Å². The average Bonchev–Trinajstić information content (AvgIpc) is 3.18. The topological polar surface area (TPSA) is 41.6 Å². The van der Waals surface area contributed by atoms with Gasteiger partial charge >= 0.3 is 0 Å². The van der Waals surface area contributed by atoms with Crippen LogP contribution in [0.15, 0.2) is 24.3 Å². The summed E-state index contributed by atoms with van der Waals surface area (Å²) >= 11 is 0. The van der Waals surface area contributed by atoms with Crippen molar-refractivity contribution in [2.24, 2.45) is 5.92 Å². The molecule has 116 valence electrons. The molecule has 2 unspecified atom stereocenters. The normalized spacial score (nSPS) is 24.7. The van der Waals surface area contributed by atoms with Crippen LogP contribution in [0, 0.1) is 5.92 Å². The Kier molecular flexibility index (Phi) is 5.48. The maximum absolute atomic E-state index is 12.6. The highest BCUT2D eigenvalue weighted by Gasteiger charge is 2.34. The Balaban J connectivity index is 0.00000161. The van der Waals surface area contributed by atoms with E-state index >= 15 is 0 Å². The molecule has 1 aromatic rings. The number of rotatable bonds is 3. The number of hydrogen-bond acceptors (Lipinski definition) is 3. The van der Waals surface area contributed by atoms with Crippen molar-refractivity contribution in [3.05, 3.63) is 29.8 Å². The van der Waals surface area contributed by atoms with Gasteiger partial charge in [0, 0.05) is 13.1 Å². The number of halogens is 1. The van der Waals surface area contributed by atoms with Gasteiger partial charge in [-0.3, -0.25) is 4.79 Å².